The molecule has 0 unspecified atom stereocenters. The summed E-state index contributed by atoms with van der Waals surface area (Å²) in [4.78, 5) is 8.37. The highest BCUT2D eigenvalue weighted by molar-refractivity contribution is 6.00. The van der Waals surface area contributed by atoms with Gasteiger partial charge in [-0.3, -0.25) is 10.3 Å². The predicted molar refractivity (Wildman–Crippen MR) is 67.5 cm³/mol. The standard InChI is InChI=1S/C12H10F3N5/c13-12(14,15)9-3-1-2-4-10(9)20(11(16)17)8-5-18-7-19-6-8/h1-7H,(H3,16,17). The van der Waals surface area contributed by atoms with Gasteiger partial charge < -0.3 is 5.73 Å². The fourth-order valence-electron chi connectivity index (χ4n) is 1.72. The summed E-state index contributed by atoms with van der Waals surface area (Å²) in [6.07, 6.45) is -0.763. The second kappa shape index (κ2) is 5.16. The zero-order valence-corrected chi connectivity index (χ0v) is 10.1. The summed E-state index contributed by atoms with van der Waals surface area (Å²) in [7, 11) is 0. The van der Waals surface area contributed by atoms with Gasteiger partial charge in [-0.1, -0.05) is 12.1 Å². The van der Waals surface area contributed by atoms with E-state index < -0.39 is 17.7 Å². The number of para-hydroxylation sites is 1. The Kier molecular flexibility index (Phi) is 3.55. The quantitative estimate of drug-likeness (QED) is 0.655. The number of guanidine groups is 1. The lowest BCUT2D eigenvalue weighted by Gasteiger charge is -2.25. The van der Waals surface area contributed by atoms with Gasteiger partial charge in [0.25, 0.3) is 0 Å². The summed E-state index contributed by atoms with van der Waals surface area (Å²) in [5.41, 5.74) is 4.44. The third kappa shape index (κ3) is 2.68. The highest BCUT2D eigenvalue weighted by atomic mass is 19.4. The van der Waals surface area contributed by atoms with Gasteiger partial charge in [-0.15, -0.1) is 0 Å². The maximum Gasteiger partial charge on any atom is 0.418 e. The molecule has 0 saturated heterocycles. The van der Waals surface area contributed by atoms with Gasteiger partial charge in [0.2, 0.25) is 0 Å². The average Bonchev–Trinajstić information content (AvgIpc) is 2.39. The summed E-state index contributed by atoms with van der Waals surface area (Å²) < 4.78 is 39.1. The predicted octanol–water partition coefficient (Wildman–Crippen LogP) is 2.53. The Bertz CT molecular complexity index is 612. The summed E-state index contributed by atoms with van der Waals surface area (Å²) in [5.74, 6) is -0.559. The summed E-state index contributed by atoms with van der Waals surface area (Å²) in [6.45, 7) is 0. The minimum atomic E-state index is -4.56. The molecule has 104 valence electrons. The lowest BCUT2D eigenvalue weighted by molar-refractivity contribution is -0.137. The second-order valence-corrected chi connectivity index (χ2v) is 3.83. The second-order valence-electron chi connectivity index (χ2n) is 3.83. The van der Waals surface area contributed by atoms with E-state index in [1.165, 1.54) is 36.9 Å². The summed E-state index contributed by atoms with van der Waals surface area (Å²) in [6, 6.07) is 4.86. The molecule has 0 bridgehead atoms. The molecule has 2 aromatic rings. The fourth-order valence-corrected chi connectivity index (χ4v) is 1.72. The average molecular weight is 281 g/mol. The van der Waals surface area contributed by atoms with E-state index in [4.69, 9.17) is 11.1 Å². The number of hydrogen-bond acceptors (Lipinski definition) is 3. The molecule has 1 heterocycles. The normalized spacial score (nSPS) is 11.2. The van der Waals surface area contributed by atoms with Gasteiger partial charge in [-0.2, -0.15) is 13.2 Å². The highest BCUT2D eigenvalue weighted by Crippen LogP contribution is 2.38. The fraction of sp³-hybridized carbons (Fsp3) is 0.0833. The van der Waals surface area contributed by atoms with Gasteiger partial charge >= 0.3 is 6.18 Å². The SMILES string of the molecule is N=C(N)N(c1cncnc1)c1ccccc1C(F)(F)F. The van der Waals surface area contributed by atoms with Crippen molar-refractivity contribution in [1.29, 1.82) is 5.41 Å². The molecular formula is C12H10F3N5. The molecule has 2 rings (SSSR count). The monoisotopic (exact) mass is 281 g/mol. The van der Waals surface area contributed by atoms with Crippen LogP contribution in [-0.2, 0) is 6.18 Å². The Morgan fingerprint density at radius 2 is 1.75 bits per heavy atom. The van der Waals surface area contributed by atoms with E-state index in [0.717, 1.165) is 11.0 Å². The first-order chi connectivity index (χ1) is 9.41. The molecule has 0 aliphatic carbocycles. The van der Waals surface area contributed by atoms with Crippen molar-refractivity contribution in [2.24, 2.45) is 5.73 Å². The van der Waals surface area contributed by atoms with Gasteiger partial charge in [0.05, 0.1) is 29.3 Å². The number of aromatic nitrogens is 2. The molecule has 0 atom stereocenters. The van der Waals surface area contributed by atoms with Crippen LogP contribution in [0.5, 0.6) is 0 Å². The first-order valence-electron chi connectivity index (χ1n) is 5.46. The van der Waals surface area contributed by atoms with Crippen LogP contribution < -0.4 is 10.6 Å². The third-order valence-corrected chi connectivity index (χ3v) is 2.50. The topological polar surface area (TPSA) is 78.9 Å². The van der Waals surface area contributed by atoms with Crippen molar-refractivity contribution in [1.82, 2.24) is 9.97 Å². The smallest absolute Gasteiger partial charge is 0.369 e. The van der Waals surface area contributed by atoms with Gasteiger partial charge in [0.15, 0.2) is 5.96 Å². The van der Waals surface area contributed by atoms with Crippen molar-refractivity contribution in [3.8, 4) is 0 Å². The highest BCUT2D eigenvalue weighted by Gasteiger charge is 2.35. The van der Waals surface area contributed by atoms with E-state index in [1.807, 2.05) is 0 Å². The van der Waals surface area contributed by atoms with Crippen LogP contribution in [0, 0.1) is 5.41 Å². The van der Waals surface area contributed by atoms with E-state index in [1.54, 1.807) is 0 Å². The zero-order valence-electron chi connectivity index (χ0n) is 10.1. The van der Waals surface area contributed by atoms with Crippen LogP contribution in [0.15, 0.2) is 43.0 Å². The number of nitrogens with zero attached hydrogens (tertiary/aromatic N) is 3. The molecule has 0 aliphatic heterocycles. The van der Waals surface area contributed by atoms with Crippen molar-refractivity contribution in [3.05, 3.63) is 48.5 Å². The minimum absolute atomic E-state index is 0.178. The van der Waals surface area contributed by atoms with Crippen molar-refractivity contribution in [3.63, 3.8) is 0 Å². The Morgan fingerprint density at radius 1 is 1.15 bits per heavy atom. The molecule has 20 heavy (non-hydrogen) atoms. The van der Waals surface area contributed by atoms with Crippen LogP contribution in [0.1, 0.15) is 5.56 Å². The molecule has 5 nitrogen and oxygen atoms in total. The summed E-state index contributed by atoms with van der Waals surface area (Å²) >= 11 is 0. The number of halogens is 3. The Morgan fingerprint density at radius 3 is 2.30 bits per heavy atom. The van der Waals surface area contributed by atoms with Crippen molar-refractivity contribution in [2.75, 3.05) is 4.90 Å². The minimum Gasteiger partial charge on any atom is -0.369 e. The molecule has 0 amide bonds. The lowest BCUT2D eigenvalue weighted by Crippen LogP contribution is -2.34. The zero-order chi connectivity index (χ0) is 14.8. The van der Waals surface area contributed by atoms with Crippen molar-refractivity contribution in [2.45, 2.75) is 6.18 Å². The largest absolute Gasteiger partial charge is 0.418 e. The van der Waals surface area contributed by atoms with Gasteiger partial charge in [0, 0.05) is 0 Å². The van der Waals surface area contributed by atoms with Crippen LogP contribution in [0.25, 0.3) is 0 Å². The Hall–Kier alpha value is -2.64. The first kappa shape index (κ1) is 13.8. The number of nitrogens with two attached hydrogens (primary N) is 1. The van der Waals surface area contributed by atoms with Gasteiger partial charge in [-0.05, 0) is 12.1 Å². The van der Waals surface area contributed by atoms with Crippen molar-refractivity contribution >= 4 is 17.3 Å². The molecule has 1 aromatic carbocycles. The third-order valence-electron chi connectivity index (χ3n) is 2.50. The van der Waals surface area contributed by atoms with Gasteiger partial charge in [-0.25, -0.2) is 9.97 Å². The number of hydrogen-bond donors (Lipinski definition) is 2. The van der Waals surface area contributed by atoms with E-state index in [0.29, 0.717) is 0 Å². The molecule has 3 N–H and O–H groups in total. The van der Waals surface area contributed by atoms with E-state index >= 15 is 0 Å². The van der Waals surface area contributed by atoms with Crippen molar-refractivity contribution < 1.29 is 13.2 Å². The van der Waals surface area contributed by atoms with Gasteiger partial charge in [0.1, 0.15) is 6.33 Å². The number of nitrogens with one attached hydrogen (secondary N) is 1. The molecule has 0 spiro atoms. The molecule has 0 aliphatic rings. The lowest BCUT2D eigenvalue weighted by atomic mass is 10.1. The molecule has 0 fully saturated rings. The Labute approximate surface area is 112 Å². The molecule has 1 aromatic heterocycles. The maximum absolute atomic E-state index is 13.0. The number of rotatable bonds is 2. The maximum atomic E-state index is 13.0. The van der Waals surface area contributed by atoms with Crippen LogP contribution in [-0.4, -0.2) is 15.9 Å². The van der Waals surface area contributed by atoms with E-state index in [-0.39, 0.29) is 11.4 Å². The molecule has 0 saturated carbocycles. The Balaban J connectivity index is 2.60. The van der Waals surface area contributed by atoms with Crippen LogP contribution in [0.3, 0.4) is 0 Å². The number of anilines is 2. The summed E-state index contributed by atoms with van der Waals surface area (Å²) in [5, 5.41) is 7.51. The molecule has 0 radical (unpaired) electrons. The van der Waals surface area contributed by atoms with Crippen LogP contribution in [0.2, 0.25) is 0 Å². The number of alkyl halides is 3. The van der Waals surface area contributed by atoms with E-state index in [9.17, 15) is 13.2 Å². The molecule has 8 heteroatoms. The van der Waals surface area contributed by atoms with E-state index in [2.05, 4.69) is 9.97 Å². The number of benzene rings is 1. The van der Waals surface area contributed by atoms with Crippen LogP contribution >= 0.6 is 0 Å². The first-order valence-corrected chi connectivity index (χ1v) is 5.46. The van der Waals surface area contributed by atoms with Crippen LogP contribution in [0.4, 0.5) is 24.5 Å². The molecular weight excluding hydrogens is 271 g/mol.